The third-order valence-electron chi connectivity index (χ3n) is 1.55. The van der Waals surface area contributed by atoms with Crippen LogP contribution in [0.5, 0.6) is 5.75 Å². The Balaban J connectivity index is 2.08. The van der Waals surface area contributed by atoms with E-state index in [9.17, 15) is 0 Å². The molecule has 3 nitrogen and oxygen atoms in total. The number of rotatable bonds is 2. The minimum absolute atomic E-state index is 0.0714. The van der Waals surface area contributed by atoms with Crippen LogP contribution < -0.4 is 4.74 Å². The van der Waals surface area contributed by atoms with Crippen LogP contribution in [0, 0.1) is 11.3 Å². The van der Waals surface area contributed by atoms with E-state index in [2.05, 4.69) is 0 Å². The van der Waals surface area contributed by atoms with Crippen LogP contribution in [0.2, 0.25) is 0 Å². The molecule has 0 unspecified atom stereocenters. The summed E-state index contributed by atoms with van der Waals surface area (Å²) in [5.74, 6) is 0.747. The lowest BCUT2D eigenvalue weighted by molar-refractivity contribution is 0.179. The van der Waals surface area contributed by atoms with Crippen molar-refractivity contribution in [1.29, 1.82) is 5.26 Å². The average molecular weight is 161 g/mol. The lowest BCUT2D eigenvalue weighted by atomic mass is 10.2. The molecule has 0 N–H and O–H groups in total. The van der Waals surface area contributed by atoms with E-state index in [0.29, 0.717) is 12.2 Å². The lowest BCUT2D eigenvalue weighted by Crippen LogP contribution is -1.97. The molecular formula is C9H7NO2. The molecule has 60 valence electrons. The summed E-state index contributed by atoms with van der Waals surface area (Å²) in [7, 11) is 0. The third kappa shape index (κ3) is 1.55. The SMILES string of the molecule is N#Cc1ccc(O[C@H]2CO2)cc1. The van der Waals surface area contributed by atoms with Crippen molar-refractivity contribution in [1.82, 2.24) is 0 Å². The zero-order valence-corrected chi connectivity index (χ0v) is 6.36. The highest BCUT2D eigenvalue weighted by Crippen LogP contribution is 2.18. The molecule has 0 aromatic heterocycles. The van der Waals surface area contributed by atoms with Crippen LogP contribution in [0.25, 0.3) is 0 Å². The second-order valence-electron chi connectivity index (χ2n) is 2.52. The van der Waals surface area contributed by atoms with Gasteiger partial charge in [0.15, 0.2) is 0 Å². The molecule has 0 aliphatic carbocycles. The number of benzene rings is 1. The first-order valence-corrected chi connectivity index (χ1v) is 3.67. The number of nitriles is 1. The molecule has 0 bridgehead atoms. The van der Waals surface area contributed by atoms with E-state index >= 15 is 0 Å². The van der Waals surface area contributed by atoms with Crippen molar-refractivity contribution < 1.29 is 9.47 Å². The van der Waals surface area contributed by atoms with Gasteiger partial charge in [-0.15, -0.1) is 0 Å². The highest BCUT2D eigenvalue weighted by atomic mass is 16.8. The van der Waals surface area contributed by atoms with Gasteiger partial charge in [0.25, 0.3) is 0 Å². The van der Waals surface area contributed by atoms with Crippen LogP contribution in [-0.4, -0.2) is 12.9 Å². The Bertz CT molecular complexity index is 308. The zero-order chi connectivity index (χ0) is 8.39. The van der Waals surface area contributed by atoms with E-state index in [1.54, 1.807) is 24.3 Å². The Kier molecular flexibility index (Phi) is 1.69. The fraction of sp³-hybridized carbons (Fsp3) is 0.222. The van der Waals surface area contributed by atoms with E-state index in [1.165, 1.54) is 0 Å². The first-order valence-electron chi connectivity index (χ1n) is 3.67. The first-order chi connectivity index (χ1) is 5.88. The minimum atomic E-state index is -0.0714. The van der Waals surface area contributed by atoms with E-state index in [4.69, 9.17) is 14.7 Å². The second kappa shape index (κ2) is 2.84. The highest BCUT2D eigenvalue weighted by Gasteiger charge is 2.24. The van der Waals surface area contributed by atoms with Crippen molar-refractivity contribution in [3.05, 3.63) is 29.8 Å². The van der Waals surface area contributed by atoms with Gasteiger partial charge in [0, 0.05) is 0 Å². The predicted octanol–water partition coefficient (Wildman–Crippen LogP) is 1.29. The van der Waals surface area contributed by atoms with Crippen molar-refractivity contribution >= 4 is 0 Å². The van der Waals surface area contributed by atoms with Crippen LogP contribution in [0.1, 0.15) is 5.56 Å². The Labute approximate surface area is 70.1 Å². The molecule has 12 heavy (non-hydrogen) atoms. The molecule has 1 aliphatic rings. The Morgan fingerprint density at radius 2 is 2.08 bits per heavy atom. The lowest BCUT2D eigenvalue weighted by Gasteiger charge is -2.00. The van der Waals surface area contributed by atoms with Crippen LogP contribution >= 0.6 is 0 Å². The van der Waals surface area contributed by atoms with E-state index < -0.39 is 0 Å². The Morgan fingerprint density at radius 3 is 2.58 bits per heavy atom. The number of epoxide rings is 1. The predicted molar refractivity (Wildman–Crippen MR) is 41.5 cm³/mol. The van der Waals surface area contributed by atoms with Crippen molar-refractivity contribution in [3.8, 4) is 11.8 Å². The van der Waals surface area contributed by atoms with E-state index in [-0.39, 0.29) is 6.29 Å². The van der Waals surface area contributed by atoms with Crippen molar-refractivity contribution in [3.63, 3.8) is 0 Å². The first kappa shape index (κ1) is 7.14. The Morgan fingerprint density at radius 1 is 1.42 bits per heavy atom. The molecule has 1 atom stereocenters. The minimum Gasteiger partial charge on any atom is -0.462 e. The van der Waals surface area contributed by atoms with E-state index in [0.717, 1.165) is 5.75 Å². The van der Waals surface area contributed by atoms with Gasteiger partial charge in [0.1, 0.15) is 12.4 Å². The number of hydrogen-bond acceptors (Lipinski definition) is 3. The fourth-order valence-electron chi connectivity index (χ4n) is 0.867. The molecule has 0 spiro atoms. The summed E-state index contributed by atoms with van der Waals surface area (Å²) in [5.41, 5.74) is 0.638. The quantitative estimate of drug-likeness (QED) is 0.614. The van der Waals surface area contributed by atoms with Gasteiger partial charge in [-0.05, 0) is 24.3 Å². The van der Waals surface area contributed by atoms with Gasteiger partial charge >= 0.3 is 0 Å². The zero-order valence-electron chi connectivity index (χ0n) is 6.36. The molecule has 1 aliphatic heterocycles. The summed E-state index contributed by atoms with van der Waals surface area (Å²) in [6.07, 6.45) is -0.0714. The third-order valence-corrected chi connectivity index (χ3v) is 1.55. The monoisotopic (exact) mass is 161 g/mol. The van der Waals surface area contributed by atoms with Crippen molar-refractivity contribution in [2.24, 2.45) is 0 Å². The molecule has 0 saturated carbocycles. The summed E-state index contributed by atoms with van der Waals surface area (Å²) < 4.78 is 10.2. The molecular weight excluding hydrogens is 154 g/mol. The summed E-state index contributed by atoms with van der Waals surface area (Å²) in [6.45, 7) is 0.667. The molecule has 2 rings (SSSR count). The molecule has 0 amide bonds. The smallest absolute Gasteiger partial charge is 0.223 e. The fourth-order valence-corrected chi connectivity index (χ4v) is 0.867. The molecule has 1 aromatic rings. The van der Waals surface area contributed by atoms with Crippen molar-refractivity contribution in [2.75, 3.05) is 6.61 Å². The number of ether oxygens (including phenoxy) is 2. The Hall–Kier alpha value is -1.53. The van der Waals surface area contributed by atoms with Gasteiger partial charge in [0.2, 0.25) is 6.29 Å². The molecule has 1 heterocycles. The van der Waals surface area contributed by atoms with Crippen LogP contribution in [0.15, 0.2) is 24.3 Å². The van der Waals surface area contributed by atoms with Gasteiger partial charge in [-0.2, -0.15) is 5.26 Å². The van der Waals surface area contributed by atoms with Gasteiger partial charge in [-0.3, -0.25) is 0 Å². The highest BCUT2D eigenvalue weighted by molar-refractivity contribution is 5.34. The van der Waals surface area contributed by atoms with Crippen LogP contribution in [0.4, 0.5) is 0 Å². The maximum atomic E-state index is 8.51. The summed E-state index contributed by atoms with van der Waals surface area (Å²) in [4.78, 5) is 0. The average Bonchev–Trinajstić information content (AvgIpc) is 2.90. The standard InChI is InChI=1S/C9H7NO2/c10-5-7-1-3-8(4-2-7)12-9-6-11-9/h1-4,9H,6H2/t9-/m0/s1. The maximum Gasteiger partial charge on any atom is 0.223 e. The van der Waals surface area contributed by atoms with Crippen LogP contribution in [0.3, 0.4) is 0 Å². The molecule has 0 radical (unpaired) electrons. The van der Waals surface area contributed by atoms with Gasteiger partial charge in [-0.25, -0.2) is 0 Å². The molecule has 1 saturated heterocycles. The van der Waals surface area contributed by atoms with Gasteiger partial charge in [0.05, 0.1) is 11.6 Å². The maximum absolute atomic E-state index is 8.51. The topological polar surface area (TPSA) is 45.5 Å². The summed E-state index contributed by atoms with van der Waals surface area (Å²) in [6, 6.07) is 9.00. The van der Waals surface area contributed by atoms with Gasteiger partial charge < -0.3 is 9.47 Å². The normalized spacial score (nSPS) is 19.8. The molecule has 3 heteroatoms. The largest absolute Gasteiger partial charge is 0.462 e. The molecule has 1 fully saturated rings. The number of hydrogen-bond donors (Lipinski definition) is 0. The van der Waals surface area contributed by atoms with Crippen LogP contribution in [-0.2, 0) is 4.74 Å². The van der Waals surface area contributed by atoms with Crippen molar-refractivity contribution in [2.45, 2.75) is 6.29 Å². The number of nitrogens with zero attached hydrogens (tertiary/aromatic N) is 1. The van der Waals surface area contributed by atoms with Gasteiger partial charge in [-0.1, -0.05) is 0 Å². The molecule has 1 aromatic carbocycles. The summed E-state index contributed by atoms with van der Waals surface area (Å²) >= 11 is 0. The second-order valence-corrected chi connectivity index (χ2v) is 2.52. The van der Waals surface area contributed by atoms with E-state index in [1.807, 2.05) is 6.07 Å². The summed E-state index contributed by atoms with van der Waals surface area (Å²) in [5, 5.41) is 8.51.